The molecule has 0 spiro atoms. The molecule has 3 nitrogen and oxygen atoms in total. The van der Waals surface area contributed by atoms with Gasteiger partial charge < -0.3 is 5.32 Å². The summed E-state index contributed by atoms with van der Waals surface area (Å²) in [6, 6.07) is 4.05. The topological polar surface area (TPSA) is 37.8 Å². The number of nitrogens with one attached hydrogen (secondary N) is 1. The molecule has 1 N–H and O–H groups in total. The maximum atomic E-state index is 13.8. The smallest absolute Gasteiger partial charge is 0.168 e. The molecule has 0 atom stereocenters. The van der Waals surface area contributed by atoms with Crippen LogP contribution in [-0.2, 0) is 0 Å². The highest BCUT2D eigenvalue weighted by Crippen LogP contribution is 2.28. The lowest BCUT2D eigenvalue weighted by atomic mass is 10.0. The van der Waals surface area contributed by atoms with Crippen molar-refractivity contribution in [2.45, 2.75) is 20.8 Å². The molecular weight excluding hydrogens is 248 g/mol. The van der Waals surface area contributed by atoms with E-state index >= 15 is 0 Å². The number of nitrogens with zero attached hydrogens (tertiary/aromatic N) is 2. The third-order valence-electron chi connectivity index (χ3n) is 3.07. The van der Waals surface area contributed by atoms with Gasteiger partial charge in [-0.1, -0.05) is 6.07 Å². The van der Waals surface area contributed by atoms with Gasteiger partial charge >= 0.3 is 0 Å². The van der Waals surface area contributed by atoms with Crippen molar-refractivity contribution >= 4 is 5.82 Å². The van der Waals surface area contributed by atoms with E-state index in [-0.39, 0.29) is 5.56 Å². The number of anilines is 1. The molecule has 0 unspecified atom stereocenters. The molecule has 0 aliphatic heterocycles. The fourth-order valence-corrected chi connectivity index (χ4v) is 1.88. The molecule has 100 valence electrons. The Labute approximate surface area is 110 Å². The minimum absolute atomic E-state index is 0.135. The van der Waals surface area contributed by atoms with Crippen LogP contribution in [0.2, 0.25) is 0 Å². The van der Waals surface area contributed by atoms with Crippen molar-refractivity contribution < 1.29 is 8.78 Å². The Bertz CT molecular complexity index is 612. The van der Waals surface area contributed by atoms with E-state index in [0.29, 0.717) is 11.5 Å². The van der Waals surface area contributed by atoms with Crippen LogP contribution in [-0.4, -0.2) is 16.7 Å². The van der Waals surface area contributed by atoms with E-state index in [2.05, 4.69) is 15.5 Å². The quantitative estimate of drug-likeness (QED) is 0.921. The molecule has 1 aromatic heterocycles. The predicted octanol–water partition coefficient (Wildman–Crippen LogP) is 3.47. The van der Waals surface area contributed by atoms with Crippen LogP contribution in [0.25, 0.3) is 11.3 Å². The highest BCUT2D eigenvalue weighted by atomic mass is 19.2. The van der Waals surface area contributed by atoms with Gasteiger partial charge in [0.05, 0.1) is 5.69 Å². The summed E-state index contributed by atoms with van der Waals surface area (Å²) in [5.74, 6) is -1.11. The highest BCUT2D eigenvalue weighted by molar-refractivity contribution is 5.67. The molecule has 0 saturated heterocycles. The molecule has 2 rings (SSSR count). The Kier molecular flexibility index (Phi) is 3.74. The zero-order chi connectivity index (χ0) is 14.0. The second-order valence-electron chi connectivity index (χ2n) is 4.28. The van der Waals surface area contributed by atoms with Crippen molar-refractivity contribution in [1.82, 2.24) is 10.2 Å². The molecule has 0 amide bonds. The van der Waals surface area contributed by atoms with E-state index in [1.807, 2.05) is 20.8 Å². The second-order valence-corrected chi connectivity index (χ2v) is 4.28. The maximum Gasteiger partial charge on any atom is 0.168 e. The summed E-state index contributed by atoms with van der Waals surface area (Å²) in [5, 5.41) is 11.1. The Hall–Kier alpha value is -2.04. The molecule has 1 aromatic carbocycles. The minimum atomic E-state index is -0.893. The average molecular weight is 263 g/mol. The van der Waals surface area contributed by atoms with Gasteiger partial charge in [-0.2, -0.15) is 0 Å². The summed E-state index contributed by atoms with van der Waals surface area (Å²) >= 11 is 0. The first-order chi connectivity index (χ1) is 9.06. The molecule has 5 heteroatoms. The normalized spacial score (nSPS) is 10.6. The van der Waals surface area contributed by atoms with Crippen molar-refractivity contribution in [2.75, 3.05) is 11.9 Å². The molecule has 1 heterocycles. The Balaban J connectivity index is 2.58. The van der Waals surface area contributed by atoms with Crippen molar-refractivity contribution in [3.8, 4) is 11.3 Å². The fraction of sp³-hybridized carbons (Fsp3) is 0.286. The SMILES string of the molecule is CCNc1nnc(-c2cccc(F)c2F)c(C)c1C. The molecule has 0 fully saturated rings. The van der Waals surface area contributed by atoms with Crippen LogP contribution in [0.5, 0.6) is 0 Å². The lowest BCUT2D eigenvalue weighted by Gasteiger charge is -2.12. The molecule has 0 aliphatic carbocycles. The van der Waals surface area contributed by atoms with Crippen molar-refractivity contribution in [1.29, 1.82) is 0 Å². The van der Waals surface area contributed by atoms with Gasteiger partial charge in [0.15, 0.2) is 17.5 Å². The van der Waals surface area contributed by atoms with Crippen molar-refractivity contribution in [3.63, 3.8) is 0 Å². The lowest BCUT2D eigenvalue weighted by molar-refractivity contribution is 0.510. The zero-order valence-electron chi connectivity index (χ0n) is 11.1. The molecule has 2 aromatic rings. The maximum absolute atomic E-state index is 13.8. The number of hydrogen-bond acceptors (Lipinski definition) is 3. The van der Waals surface area contributed by atoms with Crippen LogP contribution in [0, 0.1) is 25.5 Å². The first-order valence-electron chi connectivity index (χ1n) is 6.08. The third kappa shape index (κ3) is 2.41. The number of hydrogen-bond donors (Lipinski definition) is 1. The number of halogens is 2. The van der Waals surface area contributed by atoms with Crippen LogP contribution in [0.1, 0.15) is 18.1 Å². The second kappa shape index (κ2) is 5.30. The first-order valence-corrected chi connectivity index (χ1v) is 6.08. The minimum Gasteiger partial charge on any atom is -0.369 e. The zero-order valence-corrected chi connectivity index (χ0v) is 11.1. The Morgan fingerprint density at radius 3 is 2.53 bits per heavy atom. The van der Waals surface area contributed by atoms with E-state index in [4.69, 9.17) is 0 Å². The van der Waals surface area contributed by atoms with Crippen LogP contribution in [0.15, 0.2) is 18.2 Å². The number of rotatable bonds is 3. The summed E-state index contributed by atoms with van der Waals surface area (Å²) in [6.07, 6.45) is 0. The van der Waals surface area contributed by atoms with E-state index in [1.54, 1.807) is 0 Å². The van der Waals surface area contributed by atoms with Crippen LogP contribution in [0.4, 0.5) is 14.6 Å². The largest absolute Gasteiger partial charge is 0.369 e. The highest BCUT2D eigenvalue weighted by Gasteiger charge is 2.16. The predicted molar refractivity (Wildman–Crippen MR) is 71.0 cm³/mol. The summed E-state index contributed by atoms with van der Waals surface area (Å²) < 4.78 is 27.1. The number of benzene rings is 1. The van der Waals surface area contributed by atoms with Crippen molar-refractivity contribution in [3.05, 3.63) is 41.0 Å². The van der Waals surface area contributed by atoms with Gasteiger partial charge in [-0.3, -0.25) is 0 Å². The van der Waals surface area contributed by atoms with Gasteiger partial charge in [0.25, 0.3) is 0 Å². The third-order valence-corrected chi connectivity index (χ3v) is 3.07. The summed E-state index contributed by atoms with van der Waals surface area (Å²) in [5.41, 5.74) is 2.18. The molecule has 0 radical (unpaired) electrons. The van der Waals surface area contributed by atoms with Gasteiger partial charge in [-0.25, -0.2) is 8.78 Å². The van der Waals surface area contributed by atoms with Crippen molar-refractivity contribution in [2.24, 2.45) is 0 Å². The monoisotopic (exact) mass is 263 g/mol. The molecule has 0 bridgehead atoms. The van der Waals surface area contributed by atoms with E-state index in [9.17, 15) is 8.78 Å². The van der Waals surface area contributed by atoms with E-state index in [0.717, 1.165) is 23.7 Å². The molecule has 19 heavy (non-hydrogen) atoms. The first kappa shape index (κ1) is 13.4. The van der Waals surface area contributed by atoms with Gasteiger partial charge in [-0.15, -0.1) is 10.2 Å². The van der Waals surface area contributed by atoms with E-state index < -0.39 is 11.6 Å². The Morgan fingerprint density at radius 1 is 1.11 bits per heavy atom. The summed E-state index contributed by atoms with van der Waals surface area (Å²) in [4.78, 5) is 0. The lowest BCUT2D eigenvalue weighted by Crippen LogP contribution is -2.06. The van der Waals surface area contributed by atoms with Crippen LogP contribution in [0.3, 0.4) is 0 Å². The molecule has 0 aliphatic rings. The standard InChI is InChI=1S/C14H15F2N3/c1-4-17-14-9(3)8(2)13(18-19-14)10-6-5-7-11(15)12(10)16/h5-7H,4H2,1-3H3,(H,17,19). The molecule has 0 saturated carbocycles. The Morgan fingerprint density at radius 2 is 1.84 bits per heavy atom. The summed E-state index contributed by atoms with van der Waals surface area (Å²) in [7, 11) is 0. The molecular formula is C14H15F2N3. The van der Waals surface area contributed by atoms with Gasteiger partial charge in [-0.05, 0) is 44.0 Å². The van der Waals surface area contributed by atoms with Gasteiger partial charge in [0.2, 0.25) is 0 Å². The van der Waals surface area contributed by atoms with E-state index in [1.165, 1.54) is 12.1 Å². The van der Waals surface area contributed by atoms with Gasteiger partial charge in [0, 0.05) is 12.1 Å². The number of aromatic nitrogens is 2. The van der Waals surface area contributed by atoms with Gasteiger partial charge in [0.1, 0.15) is 0 Å². The summed E-state index contributed by atoms with van der Waals surface area (Å²) in [6.45, 7) is 6.38. The average Bonchev–Trinajstić information content (AvgIpc) is 2.39. The van der Waals surface area contributed by atoms with Crippen LogP contribution >= 0.6 is 0 Å². The fourth-order valence-electron chi connectivity index (χ4n) is 1.88. The van der Waals surface area contributed by atoms with Crippen LogP contribution < -0.4 is 5.32 Å².